The molecule has 0 unspecified atom stereocenters. The van der Waals surface area contributed by atoms with Gasteiger partial charge < -0.3 is 16.5 Å². The summed E-state index contributed by atoms with van der Waals surface area (Å²) in [5.41, 5.74) is 13.2. The SMILES string of the molecule is CN(N)/C(=C\CC(F)(F)F)c1ccc(N)cc1N.O=Cc1ccc(Cl)cc1. The van der Waals surface area contributed by atoms with Crippen LogP contribution in [0.3, 0.4) is 0 Å². The monoisotopic (exact) mass is 400 g/mol. The maximum atomic E-state index is 12.2. The zero-order chi connectivity index (χ0) is 20.6. The second-order valence-corrected chi connectivity index (χ2v) is 5.97. The van der Waals surface area contributed by atoms with Gasteiger partial charge in [-0.15, -0.1) is 0 Å². The molecule has 2 aromatic carbocycles. The fraction of sp³-hybridized carbons (Fsp3) is 0.167. The third-order valence-electron chi connectivity index (χ3n) is 3.26. The minimum absolute atomic E-state index is 0.199. The lowest BCUT2D eigenvalue weighted by Gasteiger charge is -2.19. The predicted octanol–water partition coefficient (Wildman–Crippen LogP) is 4.10. The van der Waals surface area contributed by atoms with Crippen molar-refractivity contribution in [1.82, 2.24) is 5.01 Å². The highest BCUT2D eigenvalue weighted by molar-refractivity contribution is 6.30. The lowest BCUT2D eigenvalue weighted by molar-refractivity contribution is -0.125. The van der Waals surface area contributed by atoms with Gasteiger partial charge in [-0.25, -0.2) is 5.84 Å². The van der Waals surface area contributed by atoms with E-state index in [2.05, 4.69) is 0 Å². The molecule has 2 rings (SSSR count). The quantitative estimate of drug-likeness (QED) is 0.310. The Bertz CT molecular complexity index is 790. The summed E-state index contributed by atoms with van der Waals surface area (Å²) in [4.78, 5) is 10.1. The molecule has 0 aliphatic rings. The van der Waals surface area contributed by atoms with E-state index >= 15 is 0 Å². The molecule has 0 atom stereocenters. The van der Waals surface area contributed by atoms with Crippen LogP contribution in [0.4, 0.5) is 24.5 Å². The van der Waals surface area contributed by atoms with Gasteiger partial charge in [0.15, 0.2) is 0 Å². The molecule has 2 aromatic rings. The smallest absolute Gasteiger partial charge is 0.392 e. The maximum Gasteiger partial charge on any atom is 0.392 e. The highest BCUT2D eigenvalue weighted by atomic mass is 35.5. The lowest BCUT2D eigenvalue weighted by Crippen LogP contribution is -2.25. The van der Waals surface area contributed by atoms with Crippen molar-refractivity contribution in [3.63, 3.8) is 0 Å². The maximum absolute atomic E-state index is 12.2. The molecule has 5 nitrogen and oxygen atoms in total. The van der Waals surface area contributed by atoms with Crippen molar-refractivity contribution in [1.29, 1.82) is 0 Å². The van der Waals surface area contributed by atoms with Crippen LogP contribution < -0.4 is 17.3 Å². The van der Waals surface area contributed by atoms with Crippen LogP contribution in [0.2, 0.25) is 5.02 Å². The first-order valence-corrected chi connectivity index (χ1v) is 8.02. The number of carbonyl (C=O) groups is 1. The molecule has 0 heterocycles. The number of nitrogens with two attached hydrogens (primary N) is 3. The van der Waals surface area contributed by atoms with Crippen molar-refractivity contribution < 1.29 is 18.0 Å². The summed E-state index contributed by atoms with van der Waals surface area (Å²) in [6.07, 6.45) is -3.59. The largest absolute Gasteiger partial charge is 0.399 e. The number of rotatable bonds is 4. The van der Waals surface area contributed by atoms with Gasteiger partial charge in [-0.1, -0.05) is 29.8 Å². The minimum atomic E-state index is -4.29. The zero-order valence-electron chi connectivity index (χ0n) is 14.5. The normalized spacial score (nSPS) is 11.4. The van der Waals surface area contributed by atoms with Gasteiger partial charge in [-0.05, 0) is 30.3 Å². The Labute approximate surface area is 160 Å². The Morgan fingerprint density at radius 3 is 2.19 bits per heavy atom. The number of carbonyl (C=O) groups excluding carboxylic acids is 1. The number of anilines is 2. The Morgan fingerprint density at radius 1 is 1.15 bits per heavy atom. The predicted molar refractivity (Wildman–Crippen MR) is 103 cm³/mol. The molecule has 0 aliphatic carbocycles. The number of hydrazine groups is 1. The molecule has 0 aromatic heterocycles. The number of hydrogen-bond donors (Lipinski definition) is 3. The Balaban J connectivity index is 0.000000337. The number of alkyl halides is 3. The van der Waals surface area contributed by atoms with E-state index < -0.39 is 12.6 Å². The van der Waals surface area contributed by atoms with Crippen molar-refractivity contribution >= 4 is 35.0 Å². The summed E-state index contributed by atoms with van der Waals surface area (Å²) in [5, 5.41) is 1.74. The molecular formula is C18H20ClF3N4O. The number of benzene rings is 2. The topological polar surface area (TPSA) is 98.4 Å². The van der Waals surface area contributed by atoms with E-state index in [4.69, 9.17) is 28.9 Å². The number of nitrogen functional groups attached to an aromatic ring is 2. The first-order chi connectivity index (χ1) is 12.5. The van der Waals surface area contributed by atoms with E-state index in [9.17, 15) is 18.0 Å². The van der Waals surface area contributed by atoms with Gasteiger partial charge in [0, 0.05) is 34.6 Å². The number of aldehydes is 1. The molecule has 0 bridgehead atoms. The van der Waals surface area contributed by atoms with Crippen molar-refractivity contribution in [2.24, 2.45) is 5.84 Å². The van der Waals surface area contributed by atoms with E-state index in [1.54, 1.807) is 30.3 Å². The molecule has 0 saturated heterocycles. The van der Waals surface area contributed by atoms with Crippen LogP contribution in [-0.2, 0) is 0 Å². The summed E-state index contributed by atoms with van der Waals surface area (Å²) in [6.45, 7) is 0. The first kappa shape index (κ1) is 22.3. The molecular weight excluding hydrogens is 381 g/mol. The van der Waals surface area contributed by atoms with E-state index in [0.29, 0.717) is 21.8 Å². The summed E-state index contributed by atoms with van der Waals surface area (Å²) in [6, 6.07) is 11.3. The van der Waals surface area contributed by atoms with Crippen LogP contribution in [0.25, 0.3) is 5.70 Å². The van der Waals surface area contributed by atoms with E-state index in [0.717, 1.165) is 17.4 Å². The standard InChI is InChI=1S/C11H15F3N4.C7H5ClO/c1-18(17)10(4-5-11(12,13)14)8-3-2-7(15)6-9(8)16;8-7-3-1-6(5-9)2-4-7/h2-4,6H,5,15-17H2,1H3;1-5H/b10-4-;. The molecule has 0 amide bonds. The lowest BCUT2D eigenvalue weighted by atomic mass is 10.1. The molecule has 0 aliphatic heterocycles. The third kappa shape index (κ3) is 8.02. The summed E-state index contributed by atoms with van der Waals surface area (Å²) in [7, 11) is 1.44. The summed E-state index contributed by atoms with van der Waals surface area (Å²) >= 11 is 5.55. The van der Waals surface area contributed by atoms with Crippen molar-refractivity contribution in [2.75, 3.05) is 18.5 Å². The molecule has 27 heavy (non-hydrogen) atoms. The highest BCUT2D eigenvalue weighted by Crippen LogP contribution is 2.28. The van der Waals surface area contributed by atoms with Crippen molar-refractivity contribution in [3.8, 4) is 0 Å². The highest BCUT2D eigenvalue weighted by Gasteiger charge is 2.26. The van der Waals surface area contributed by atoms with Gasteiger partial charge >= 0.3 is 6.18 Å². The molecule has 6 N–H and O–H groups in total. The second-order valence-electron chi connectivity index (χ2n) is 5.54. The van der Waals surface area contributed by atoms with Crippen LogP contribution in [0.15, 0.2) is 48.5 Å². The Morgan fingerprint density at radius 2 is 1.74 bits per heavy atom. The number of halogens is 4. The Kier molecular flexibility index (Phi) is 8.14. The van der Waals surface area contributed by atoms with E-state index in [-0.39, 0.29) is 11.4 Å². The zero-order valence-corrected chi connectivity index (χ0v) is 15.3. The van der Waals surface area contributed by atoms with Crippen LogP contribution in [0.5, 0.6) is 0 Å². The Hall–Kier alpha value is -2.71. The summed E-state index contributed by atoms with van der Waals surface area (Å²) < 4.78 is 36.6. The van der Waals surface area contributed by atoms with Gasteiger partial charge in [0.25, 0.3) is 0 Å². The number of nitrogens with zero attached hydrogens (tertiary/aromatic N) is 1. The van der Waals surface area contributed by atoms with Crippen LogP contribution in [0.1, 0.15) is 22.3 Å². The van der Waals surface area contributed by atoms with Crippen LogP contribution >= 0.6 is 11.6 Å². The molecule has 0 saturated carbocycles. The fourth-order valence-electron chi connectivity index (χ4n) is 2.01. The molecule has 0 fully saturated rings. The molecule has 0 radical (unpaired) electrons. The molecule has 0 spiro atoms. The second kappa shape index (κ2) is 9.84. The van der Waals surface area contributed by atoms with Gasteiger partial charge in [-0.2, -0.15) is 13.2 Å². The van der Waals surface area contributed by atoms with E-state index in [1.807, 2.05) is 0 Å². The minimum Gasteiger partial charge on any atom is -0.399 e. The number of allylic oxidation sites excluding steroid dienone is 1. The first-order valence-electron chi connectivity index (χ1n) is 7.65. The van der Waals surface area contributed by atoms with E-state index in [1.165, 1.54) is 19.2 Å². The van der Waals surface area contributed by atoms with Crippen molar-refractivity contribution in [2.45, 2.75) is 12.6 Å². The molecule has 9 heteroatoms. The van der Waals surface area contributed by atoms with Gasteiger partial charge in [0.05, 0.1) is 12.1 Å². The van der Waals surface area contributed by atoms with Crippen LogP contribution in [0, 0.1) is 0 Å². The van der Waals surface area contributed by atoms with Crippen molar-refractivity contribution in [3.05, 3.63) is 64.7 Å². The van der Waals surface area contributed by atoms with Crippen LogP contribution in [-0.4, -0.2) is 24.5 Å². The molecule has 146 valence electrons. The average Bonchev–Trinajstić information content (AvgIpc) is 2.57. The van der Waals surface area contributed by atoms with Gasteiger partial charge in [0.1, 0.15) is 6.29 Å². The number of hydrogen-bond acceptors (Lipinski definition) is 5. The fourth-order valence-corrected chi connectivity index (χ4v) is 2.14. The van der Waals surface area contributed by atoms with Gasteiger partial charge in [-0.3, -0.25) is 4.79 Å². The summed E-state index contributed by atoms with van der Waals surface area (Å²) in [5.74, 6) is 5.52. The third-order valence-corrected chi connectivity index (χ3v) is 3.52. The van der Waals surface area contributed by atoms with Gasteiger partial charge in [0.2, 0.25) is 0 Å². The average molecular weight is 401 g/mol.